The summed E-state index contributed by atoms with van der Waals surface area (Å²) in [5.74, 6) is -0.155. The number of nitrogens with one attached hydrogen (secondary N) is 1. The monoisotopic (exact) mass is 361 g/mol. The van der Waals surface area contributed by atoms with E-state index in [9.17, 15) is 13.2 Å². The fourth-order valence-corrected chi connectivity index (χ4v) is 4.22. The third-order valence-electron chi connectivity index (χ3n) is 3.15. The molecule has 1 aliphatic rings. The van der Waals surface area contributed by atoms with Crippen LogP contribution in [0.25, 0.3) is 0 Å². The number of hydrogen-bond donors (Lipinski definition) is 2. The van der Waals surface area contributed by atoms with Gasteiger partial charge in [0.05, 0.1) is 5.69 Å². The number of halogens is 1. The standard InChI is InChI=1S/C12H16BrN3O3S/c1-8(17)15-10-4-5-16(7-10)20(18,19)12-3-2-9(13)6-11(12)14/h2-3,6,10H,4-5,7,14H2,1H3,(H,15,17). The minimum Gasteiger partial charge on any atom is -0.398 e. The molecular formula is C12H16BrN3O3S. The first-order valence-corrected chi connectivity index (χ1v) is 8.36. The van der Waals surface area contributed by atoms with E-state index in [0.29, 0.717) is 13.0 Å². The van der Waals surface area contributed by atoms with Gasteiger partial charge in [0.15, 0.2) is 0 Å². The molecule has 0 saturated carbocycles. The van der Waals surface area contributed by atoms with Crippen LogP contribution in [-0.2, 0) is 14.8 Å². The zero-order valence-corrected chi connectivity index (χ0v) is 13.4. The lowest BCUT2D eigenvalue weighted by Crippen LogP contribution is -2.37. The van der Waals surface area contributed by atoms with Crippen molar-refractivity contribution in [2.45, 2.75) is 24.3 Å². The largest absolute Gasteiger partial charge is 0.398 e. The number of anilines is 1. The van der Waals surface area contributed by atoms with E-state index >= 15 is 0 Å². The van der Waals surface area contributed by atoms with E-state index < -0.39 is 10.0 Å². The normalized spacial score (nSPS) is 20.0. The Morgan fingerprint density at radius 3 is 2.80 bits per heavy atom. The molecule has 20 heavy (non-hydrogen) atoms. The van der Waals surface area contributed by atoms with Crippen molar-refractivity contribution < 1.29 is 13.2 Å². The molecule has 1 amide bonds. The second-order valence-corrected chi connectivity index (χ2v) is 7.55. The Hall–Kier alpha value is -1.12. The summed E-state index contributed by atoms with van der Waals surface area (Å²) in [6, 6.07) is 4.55. The van der Waals surface area contributed by atoms with Crippen LogP contribution in [0, 0.1) is 0 Å². The van der Waals surface area contributed by atoms with E-state index in [1.807, 2.05) is 0 Å². The highest BCUT2D eigenvalue weighted by Gasteiger charge is 2.33. The minimum atomic E-state index is -3.62. The van der Waals surface area contributed by atoms with Gasteiger partial charge in [-0.2, -0.15) is 4.31 Å². The Morgan fingerprint density at radius 1 is 1.50 bits per heavy atom. The van der Waals surface area contributed by atoms with E-state index in [1.54, 1.807) is 12.1 Å². The summed E-state index contributed by atoms with van der Waals surface area (Å²) in [4.78, 5) is 11.1. The van der Waals surface area contributed by atoms with Crippen LogP contribution in [0.15, 0.2) is 27.6 Å². The predicted molar refractivity (Wildman–Crippen MR) is 79.5 cm³/mol. The van der Waals surface area contributed by atoms with Gasteiger partial charge in [-0.05, 0) is 24.6 Å². The quantitative estimate of drug-likeness (QED) is 0.783. The Kier molecular flexibility index (Phi) is 4.36. The van der Waals surface area contributed by atoms with Gasteiger partial charge in [-0.25, -0.2) is 8.42 Å². The first-order chi connectivity index (χ1) is 9.30. The third-order valence-corrected chi connectivity index (χ3v) is 5.58. The van der Waals surface area contributed by atoms with Crippen LogP contribution in [0.5, 0.6) is 0 Å². The van der Waals surface area contributed by atoms with Crippen molar-refractivity contribution in [3.63, 3.8) is 0 Å². The van der Waals surface area contributed by atoms with Crippen LogP contribution in [0.4, 0.5) is 5.69 Å². The van der Waals surface area contributed by atoms with E-state index in [-0.39, 0.29) is 29.1 Å². The molecule has 3 N–H and O–H groups in total. The maximum absolute atomic E-state index is 12.5. The maximum Gasteiger partial charge on any atom is 0.245 e. The molecule has 1 fully saturated rings. The number of carbonyl (C=O) groups is 1. The lowest BCUT2D eigenvalue weighted by atomic mass is 10.3. The first kappa shape index (κ1) is 15.3. The number of hydrogen-bond acceptors (Lipinski definition) is 4. The fraction of sp³-hybridized carbons (Fsp3) is 0.417. The van der Waals surface area contributed by atoms with Crippen LogP contribution < -0.4 is 11.1 Å². The number of benzene rings is 1. The number of nitrogen functional groups attached to an aromatic ring is 1. The first-order valence-electron chi connectivity index (χ1n) is 6.13. The zero-order chi connectivity index (χ0) is 14.9. The summed E-state index contributed by atoms with van der Waals surface area (Å²) in [6.45, 7) is 2.07. The molecule has 1 atom stereocenters. The Labute approximate surface area is 126 Å². The lowest BCUT2D eigenvalue weighted by Gasteiger charge is -2.18. The molecule has 0 aliphatic carbocycles. The Balaban J connectivity index is 2.21. The van der Waals surface area contributed by atoms with Crippen LogP contribution in [0.3, 0.4) is 0 Å². The molecule has 6 nitrogen and oxygen atoms in total. The van der Waals surface area contributed by atoms with Crippen molar-refractivity contribution in [2.75, 3.05) is 18.8 Å². The molecule has 1 aliphatic heterocycles. The molecule has 1 heterocycles. The van der Waals surface area contributed by atoms with Gasteiger partial charge in [0.1, 0.15) is 4.90 Å². The highest BCUT2D eigenvalue weighted by Crippen LogP contribution is 2.27. The van der Waals surface area contributed by atoms with Crippen molar-refractivity contribution in [2.24, 2.45) is 0 Å². The third kappa shape index (κ3) is 3.13. The van der Waals surface area contributed by atoms with Crippen molar-refractivity contribution in [1.82, 2.24) is 9.62 Å². The highest BCUT2D eigenvalue weighted by molar-refractivity contribution is 9.10. The Bertz CT molecular complexity index is 633. The lowest BCUT2D eigenvalue weighted by molar-refractivity contribution is -0.119. The molecule has 1 aromatic rings. The van der Waals surface area contributed by atoms with Crippen LogP contribution in [0.2, 0.25) is 0 Å². The van der Waals surface area contributed by atoms with E-state index in [4.69, 9.17) is 5.73 Å². The number of nitrogens with zero attached hydrogens (tertiary/aromatic N) is 1. The van der Waals surface area contributed by atoms with Crippen LogP contribution >= 0.6 is 15.9 Å². The van der Waals surface area contributed by atoms with E-state index in [1.165, 1.54) is 17.3 Å². The van der Waals surface area contributed by atoms with Gasteiger partial charge < -0.3 is 11.1 Å². The topological polar surface area (TPSA) is 92.5 Å². The van der Waals surface area contributed by atoms with E-state index in [0.717, 1.165) is 4.47 Å². The fourth-order valence-electron chi connectivity index (χ4n) is 2.25. The zero-order valence-electron chi connectivity index (χ0n) is 11.0. The highest BCUT2D eigenvalue weighted by atomic mass is 79.9. The maximum atomic E-state index is 12.5. The summed E-state index contributed by atoms with van der Waals surface area (Å²) in [5.41, 5.74) is 6.00. The molecule has 0 bridgehead atoms. The van der Waals surface area contributed by atoms with Gasteiger partial charge in [-0.15, -0.1) is 0 Å². The van der Waals surface area contributed by atoms with Crippen LogP contribution in [0.1, 0.15) is 13.3 Å². The molecule has 0 radical (unpaired) electrons. The average Bonchev–Trinajstić information content (AvgIpc) is 2.76. The van der Waals surface area contributed by atoms with Gasteiger partial charge in [-0.3, -0.25) is 4.79 Å². The summed E-state index contributed by atoms with van der Waals surface area (Å²) in [7, 11) is -3.62. The summed E-state index contributed by atoms with van der Waals surface area (Å²) in [6.07, 6.45) is 0.606. The van der Waals surface area contributed by atoms with Crippen molar-refractivity contribution in [1.29, 1.82) is 0 Å². The SMILES string of the molecule is CC(=O)NC1CCN(S(=O)(=O)c2ccc(Br)cc2N)C1. The molecular weight excluding hydrogens is 346 g/mol. The predicted octanol–water partition coefficient (Wildman–Crippen LogP) is 0.930. The van der Waals surface area contributed by atoms with Crippen molar-refractivity contribution >= 4 is 37.5 Å². The van der Waals surface area contributed by atoms with Gasteiger partial charge in [-0.1, -0.05) is 15.9 Å². The smallest absolute Gasteiger partial charge is 0.245 e. The molecule has 1 saturated heterocycles. The summed E-state index contributed by atoms with van der Waals surface area (Å²) in [5, 5.41) is 2.74. The number of carbonyl (C=O) groups excluding carboxylic acids is 1. The molecule has 2 rings (SSSR count). The van der Waals surface area contributed by atoms with Gasteiger partial charge in [0.25, 0.3) is 0 Å². The van der Waals surface area contributed by atoms with Gasteiger partial charge in [0.2, 0.25) is 15.9 Å². The average molecular weight is 362 g/mol. The van der Waals surface area contributed by atoms with Gasteiger partial charge in [0, 0.05) is 30.5 Å². The van der Waals surface area contributed by atoms with Crippen molar-refractivity contribution in [3.05, 3.63) is 22.7 Å². The molecule has 1 aromatic carbocycles. The van der Waals surface area contributed by atoms with Crippen LogP contribution in [-0.4, -0.2) is 37.8 Å². The molecule has 0 aromatic heterocycles. The summed E-state index contributed by atoms with van der Waals surface area (Å²) >= 11 is 3.25. The number of nitrogens with two attached hydrogens (primary N) is 1. The van der Waals surface area contributed by atoms with Gasteiger partial charge >= 0.3 is 0 Å². The number of amides is 1. The molecule has 110 valence electrons. The number of sulfonamides is 1. The summed E-state index contributed by atoms with van der Waals surface area (Å²) < 4.78 is 27.1. The molecule has 8 heteroatoms. The number of rotatable bonds is 3. The molecule has 1 unspecified atom stereocenters. The van der Waals surface area contributed by atoms with E-state index in [2.05, 4.69) is 21.2 Å². The molecule has 0 spiro atoms. The second-order valence-electron chi connectivity index (χ2n) is 4.73. The Morgan fingerprint density at radius 2 is 2.20 bits per heavy atom. The second kappa shape index (κ2) is 5.71. The van der Waals surface area contributed by atoms with Crippen molar-refractivity contribution in [3.8, 4) is 0 Å². The minimum absolute atomic E-state index is 0.101.